The summed E-state index contributed by atoms with van der Waals surface area (Å²) in [7, 11) is 0. The van der Waals surface area contributed by atoms with E-state index in [1.165, 1.54) is 0 Å². The minimum absolute atomic E-state index is 0.0570. The van der Waals surface area contributed by atoms with Crippen molar-refractivity contribution in [2.45, 2.75) is 50.2 Å². The molecule has 0 saturated heterocycles. The van der Waals surface area contributed by atoms with Gasteiger partial charge in [0.2, 0.25) is 5.91 Å². The number of para-hydroxylation sites is 1. The number of hydrogen-bond acceptors (Lipinski definition) is 4. The number of benzene rings is 1. The largest absolute Gasteiger partial charge is 0.311 e. The van der Waals surface area contributed by atoms with Crippen molar-refractivity contribution >= 4 is 23.4 Å². The zero-order valence-electron chi connectivity index (χ0n) is 14.8. The van der Waals surface area contributed by atoms with Gasteiger partial charge in [-0.2, -0.15) is 0 Å². The van der Waals surface area contributed by atoms with Crippen LogP contribution in [-0.4, -0.2) is 27.7 Å². The maximum atomic E-state index is 12.9. The van der Waals surface area contributed by atoms with Gasteiger partial charge in [0.15, 0.2) is 0 Å². The number of aryl methyl sites for hydroxylation is 2. The van der Waals surface area contributed by atoms with Gasteiger partial charge in [-0.05, 0) is 38.8 Å². The Morgan fingerprint density at radius 3 is 2.88 bits per heavy atom. The second-order valence-corrected chi connectivity index (χ2v) is 7.93. The van der Waals surface area contributed by atoms with E-state index in [-0.39, 0.29) is 11.5 Å². The predicted octanol–water partition coefficient (Wildman–Crippen LogP) is 3.24. The molecule has 6 heteroatoms. The maximum Gasteiger partial charge on any atom is 0.254 e. The van der Waals surface area contributed by atoms with Crippen LogP contribution in [0, 0.1) is 13.8 Å². The highest BCUT2D eigenvalue weighted by atomic mass is 32.2. The Morgan fingerprint density at radius 2 is 2.12 bits per heavy atom. The molecule has 1 aromatic carbocycles. The van der Waals surface area contributed by atoms with E-state index in [4.69, 9.17) is 0 Å². The van der Waals surface area contributed by atoms with Crippen LogP contribution >= 0.6 is 11.8 Å². The van der Waals surface area contributed by atoms with Gasteiger partial charge in [0.05, 0.1) is 5.69 Å². The Hall–Kier alpha value is -2.08. The molecule has 1 amide bonds. The Balaban J connectivity index is 1.79. The van der Waals surface area contributed by atoms with Crippen molar-refractivity contribution < 1.29 is 4.79 Å². The summed E-state index contributed by atoms with van der Waals surface area (Å²) < 4.78 is 0. The average Bonchev–Trinajstić information content (AvgIpc) is 2.71. The molecule has 1 aliphatic rings. The third-order valence-electron chi connectivity index (χ3n) is 4.47. The van der Waals surface area contributed by atoms with Crippen LogP contribution < -0.4 is 10.5 Å². The summed E-state index contributed by atoms with van der Waals surface area (Å²) in [5.74, 6) is 0.659. The summed E-state index contributed by atoms with van der Waals surface area (Å²) in [4.78, 5) is 35.0. The minimum atomic E-state index is -0.141. The van der Waals surface area contributed by atoms with Crippen LogP contribution in [0.1, 0.15) is 36.8 Å². The Labute approximate surface area is 151 Å². The molecule has 25 heavy (non-hydrogen) atoms. The number of thioether (sulfide) groups is 1. The summed E-state index contributed by atoms with van der Waals surface area (Å²) in [5.41, 5.74) is 2.15. The number of carbonyl (C=O) groups excluding carboxylic acids is 1. The molecule has 132 valence electrons. The number of nitrogens with one attached hydrogen (secondary N) is 1. The average molecular weight is 357 g/mol. The molecule has 0 spiro atoms. The lowest BCUT2D eigenvalue weighted by Gasteiger charge is -2.22. The molecule has 3 rings (SSSR count). The van der Waals surface area contributed by atoms with E-state index in [1.807, 2.05) is 41.8 Å². The van der Waals surface area contributed by atoms with Crippen molar-refractivity contribution in [3.05, 3.63) is 51.7 Å². The number of H-pyrrole nitrogens is 1. The smallest absolute Gasteiger partial charge is 0.254 e. The first-order valence-electron chi connectivity index (χ1n) is 8.58. The quantitative estimate of drug-likeness (QED) is 0.916. The van der Waals surface area contributed by atoms with Crippen LogP contribution in [0.5, 0.6) is 0 Å². The molecule has 0 fully saturated rings. The van der Waals surface area contributed by atoms with Crippen LogP contribution in [0.25, 0.3) is 0 Å². The van der Waals surface area contributed by atoms with Gasteiger partial charge in [-0.3, -0.25) is 9.59 Å². The fraction of sp³-hybridized carbons (Fsp3) is 0.421. The van der Waals surface area contributed by atoms with Crippen molar-refractivity contribution in [1.29, 1.82) is 0 Å². The maximum absolute atomic E-state index is 12.9. The van der Waals surface area contributed by atoms with Gasteiger partial charge < -0.3 is 9.88 Å². The van der Waals surface area contributed by atoms with Crippen LogP contribution in [0.3, 0.4) is 0 Å². The van der Waals surface area contributed by atoms with Crippen molar-refractivity contribution in [2.24, 2.45) is 0 Å². The number of amides is 1. The normalized spacial score (nSPS) is 17.1. The standard InChI is InChI=1S/C19H23N3O2S/c1-12-10-11-22(16-6-4-5-7-17(16)25-12)18(23)9-8-15-13(2)20-14(3)21-19(15)24/h4-7,12H,8-11H2,1-3H3,(H,20,21,24)/t12-/m1/s1. The van der Waals surface area contributed by atoms with Gasteiger partial charge in [0, 0.05) is 34.4 Å². The lowest BCUT2D eigenvalue weighted by molar-refractivity contribution is -0.118. The number of anilines is 1. The number of aromatic amines is 1. The van der Waals surface area contributed by atoms with Crippen LogP contribution in [-0.2, 0) is 11.2 Å². The van der Waals surface area contributed by atoms with E-state index in [1.54, 1.807) is 6.92 Å². The molecular formula is C19H23N3O2S. The molecule has 1 N–H and O–H groups in total. The van der Waals surface area contributed by atoms with Gasteiger partial charge in [-0.1, -0.05) is 19.1 Å². The molecule has 2 heterocycles. The van der Waals surface area contributed by atoms with Crippen LogP contribution in [0.2, 0.25) is 0 Å². The SMILES string of the molecule is Cc1nc(C)c(CCC(=O)N2CC[C@@H](C)Sc3ccccc32)c(=O)[nH]1. The molecule has 1 aromatic heterocycles. The Morgan fingerprint density at radius 1 is 1.36 bits per heavy atom. The molecule has 1 atom stereocenters. The van der Waals surface area contributed by atoms with Gasteiger partial charge in [-0.25, -0.2) is 4.98 Å². The molecule has 0 bridgehead atoms. The zero-order chi connectivity index (χ0) is 18.0. The molecular weight excluding hydrogens is 334 g/mol. The van der Waals surface area contributed by atoms with E-state index in [0.29, 0.717) is 41.7 Å². The summed E-state index contributed by atoms with van der Waals surface area (Å²) in [5, 5.41) is 0.477. The molecule has 0 aliphatic carbocycles. The Bertz CT molecular complexity index is 847. The highest BCUT2D eigenvalue weighted by molar-refractivity contribution is 8.00. The second kappa shape index (κ2) is 7.44. The first-order valence-corrected chi connectivity index (χ1v) is 9.46. The number of aromatic nitrogens is 2. The fourth-order valence-electron chi connectivity index (χ4n) is 3.16. The molecule has 0 radical (unpaired) electrons. The van der Waals surface area contributed by atoms with Crippen LogP contribution in [0.4, 0.5) is 5.69 Å². The van der Waals surface area contributed by atoms with Gasteiger partial charge >= 0.3 is 0 Å². The monoisotopic (exact) mass is 357 g/mol. The van der Waals surface area contributed by atoms with E-state index in [2.05, 4.69) is 23.0 Å². The van der Waals surface area contributed by atoms with Crippen molar-refractivity contribution in [2.75, 3.05) is 11.4 Å². The van der Waals surface area contributed by atoms with Crippen LogP contribution in [0.15, 0.2) is 34.0 Å². The Kier molecular flexibility index (Phi) is 5.27. The van der Waals surface area contributed by atoms with Crippen molar-refractivity contribution in [3.63, 3.8) is 0 Å². The first kappa shape index (κ1) is 17.7. The number of carbonyl (C=O) groups is 1. The van der Waals surface area contributed by atoms with Gasteiger partial charge in [-0.15, -0.1) is 11.8 Å². The third-order valence-corrected chi connectivity index (χ3v) is 5.71. The van der Waals surface area contributed by atoms with Crippen molar-refractivity contribution in [1.82, 2.24) is 9.97 Å². The summed E-state index contributed by atoms with van der Waals surface area (Å²) in [6, 6.07) is 8.05. The minimum Gasteiger partial charge on any atom is -0.311 e. The van der Waals surface area contributed by atoms with Gasteiger partial charge in [0.25, 0.3) is 5.56 Å². The highest BCUT2D eigenvalue weighted by Gasteiger charge is 2.24. The second-order valence-electron chi connectivity index (χ2n) is 6.45. The molecule has 0 unspecified atom stereocenters. The molecule has 1 aliphatic heterocycles. The topological polar surface area (TPSA) is 66.1 Å². The van der Waals surface area contributed by atoms with E-state index in [9.17, 15) is 9.59 Å². The molecule has 0 saturated carbocycles. The van der Waals surface area contributed by atoms with E-state index >= 15 is 0 Å². The number of hydrogen-bond donors (Lipinski definition) is 1. The summed E-state index contributed by atoms with van der Waals surface area (Å²) in [6.45, 7) is 6.49. The van der Waals surface area contributed by atoms with E-state index in [0.717, 1.165) is 17.0 Å². The van der Waals surface area contributed by atoms with Crippen molar-refractivity contribution in [3.8, 4) is 0 Å². The number of rotatable bonds is 3. The summed E-state index contributed by atoms with van der Waals surface area (Å²) in [6.07, 6.45) is 1.67. The molecule has 2 aromatic rings. The number of nitrogens with zero attached hydrogens (tertiary/aromatic N) is 2. The highest BCUT2D eigenvalue weighted by Crippen LogP contribution is 2.37. The molecule has 5 nitrogen and oxygen atoms in total. The fourth-order valence-corrected chi connectivity index (χ4v) is 4.27. The third kappa shape index (κ3) is 3.95. The number of fused-ring (bicyclic) bond motifs is 1. The summed E-state index contributed by atoms with van der Waals surface area (Å²) >= 11 is 1.82. The lowest BCUT2D eigenvalue weighted by Crippen LogP contribution is -2.33. The van der Waals surface area contributed by atoms with E-state index < -0.39 is 0 Å². The van der Waals surface area contributed by atoms with Gasteiger partial charge in [0.1, 0.15) is 5.82 Å². The lowest BCUT2D eigenvalue weighted by atomic mass is 10.1. The predicted molar refractivity (Wildman–Crippen MR) is 101 cm³/mol. The first-order chi connectivity index (χ1) is 12.0. The zero-order valence-corrected chi connectivity index (χ0v) is 15.7.